The predicted molar refractivity (Wildman–Crippen MR) is 186 cm³/mol. The summed E-state index contributed by atoms with van der Waals surface area (Å²) in [5.74, 6) is 0.542. The van der Waals surface area contributed by atoms with Crippen LogP contribution in [0.4, 0.5) is 20.2 Å². The van der Waals surface area contributed by atoms with E-state index in [-0.39, 0.29) is 22.9 Å². The average molecular weight is 713 g/mol. The summed E-state index contributed by atoms with van der Waals surface area (Å²) in [7, 11) is 0. The minimum atomic E-state index is -0.641. The van der Waals surface area contributed by atoms with Crippen molar-refractivity contribution in [2.24, 2.45) is 11.8 Å². The topological polar surface area (TPSA) is 134 Å². The molecule has 4 aliphatic heterocycles. The van der Waals surface area contributed by atoms with Gasteiger partial charge in [0.05, 0.1) is 34.6 Å². The van der Waals surface area contributed by atoms with E-state index in [9.17, 15) is 28.5 Å². The van der Waals surface area contributed by atoms with E-state index < -0.39 is 22.1 Å². The Morgan fingerprint density at radius 1 is 1.02 bits per heavy atom. The number of thioether (sulfide) groups is 1. The number of halogens is 2. The number of piperidine rings is 2. The zero-order chi connectivity index (χ0) is 34.8. The van der Waals surface area contributed by atoms with Crippen molar-refractivity contribution in [3.63, 3.8) is 0 Å². The van der Waals surface area contributed by atoms with E-state index in [0.717, 1.165) is 58.1 Å². The summed E-state index contributed by atoms with van der Waals surface area (Å²) in [6.07, 6.45) is 5.04. The molecule has 0 unspecified atom stereocenters. The van der Waals surface area contributed by atoms with Gasteiger partial charge >= 0.3 is 0 Å². The molecule has 15 heteroatoms. The maximum Gasteiger partial charge on any atom is 0.272 e. The van der Waals surface area contributed by atoms with Crippen molar-refractivity contribution in [2.45, 2.75) is 55.6 Å². The Hall–Kier alpha value is -3.82. The van der Waals surface area contributed by atoms with E-state index in [1.54, 1.807) is 17.8 Å². The van der Waals surface area contributed by atoms with E-state index >= 15 is 0 Å². The first-order valence-electron chi connectivity index (χ1n) is 17.5. The van der Waals surface area contributed by atoms with Gasteiger partial charge in [-0.1, -0.05) is 0 Å². The highest BCUT2D eigenvalue weighted by Gasteiger charge is 2.39. The molecule has 1 amide bonds. The van der Waals surface area contributed by atoms with Gasteiger partial charge in [-0.05, 0) is 63.6 Å². The van der Waals surface area contributed by atoms with E-state index in [1.807, 2.05) is 9.80 Å². The van der Waals surface area contributed by atoms with Gasteiger partial charge in [-0.15, -0.1) is 0 Å². The molecule has 0 saturated carbocycles. The minimum Gasteiger partial charge on any atom is -0.493 e. The zero-order valence-electron chi connectivity index (χ0n) is 27.9. The van der Waals surface area contributed by atoms with E-state index in [2.05, 4.69) is 14.9 Å². The van der Waals surface area contributed by atoms with Crippen LogP contribution >= 0.6 is 11.8 Å². The second-order valence-corrected chi connectivity index (χ2v) is 15.1. The summed E-state index contributed by atoms with van der Waals surface area (Å²) < 4.78 is 40.9. The SMILES string of the molecule is O=C(C1CCN(c2ccc([N+](=O)[O-])cc2F)CC1)N1CC(N2CCC(COc3cc(F)c4c(=O)[nH]c(CSC5CCOCC5)nc4c3)CC2)C1. The number of nitro groups is 1. The van der Waals surface area contributed by atoms with Crippen LogP contribution < -0.4 is 15.2 Å². The van der Waals surface area contributed by atoms with Crippen LogP contribution in [-0.2, 0) is 15.3 Å². The Balaban J connectivity index is 0.842. The fraction of sp³-hybridized carbons (Fsp3) is 0.571. The monoisotopic (exact) mass is 712 g/mol. The molecular formula is C35H42F2N6O6S. The molecule has 3 aromatic rings. The van der Waals surface area contributed by atoms with Gasteiger partial charge in [0.25, 0.3) is 11.2 Å². The molecule has 50 heavy (non-hydrogen) atoms. The van der Waals surface area contributed by atoms with Gasteiger partial charge in [-0.25, -0.2) is 13.8 Å². The average Bonchev–Trinajstić information content (AvgIpc) is 3.10. The number of carbonyl (C=O) groups excluding carboxylic acids is 1. The summed E-state index contributed by atoms with van der Waals surface area (Å²) in [4.78, 5) is 49.7. The number of aromatic nitrogens is 2. The Kier molecular flexibility index (Phi) is 10.5. The number of nitrogens with zero attached hydrogens (tertiary/aromatic N) is 5. The lowest BCUT2D eigenvalue weighted by atomic mass is 9.91. The highest BCUT2D eigenvalue weighted by Crippen LogP contribution is 2.32. The van der Waals surface area contributed by atoms with Gasteiger partial charge in [0.2, 0.25) is 5.91 Å². The third kappa shape index (κ3) is 7.74. The Morgan fingerprint density at radius 3 is 2.46 bits per heavy atom. The molecule has 0 spiro atoms. The van der Waals surface area contributed by atoms with Crippen LogP contribution in [0.2, 0.25) is 0 Å². The lowest BCUT2D eigenvalue weighted by Crippen LogP contribution is -2.63. The zero-order valence-corrected chi connectivity index (χ0v) is 28.7. The first-order valence-corrected chi connectivity index (χ1v) is 18.5. The number of nitrogens with one attached hydrogen (secondary N) is 1. The molecule has 5 heterocycles. The lowest BCUT2D eigenvalue weighted by molar-refractivity contribution is -0.385. The number of hydrogen-bond acceptors (Lipinski definition) is 10. The molecule has 0 aliphatic carbocycles. The molecule has 0 atom stereocenters. The number of rotatable bonds is 10. The summed E-state index contributed by atoms with van der Waals surface area (Å²) in [5.41, 5.74) is -0.121. The smallest absolute Gasteiger partial charge is 0.272 e. The van der Waals surface area contributed by atoms with Gasteiger partial charge < -0.3 is 24.3 Å². The summed E-state index contributed by atoms with van der Waals surface area (Å²) in [6.45, 7) is 6.19. The van der Waals surface area contributed by atoms with Crippen molar-refractivity contribution >= 4 is 39.9 Å². The number of anilines is 1. The highest BCUT2D eigenvalue weighted by molar-refractivity contribution is 7.99. The summed E-state index contributed by atoms with van der Waals surface area (Å²) in [5, 5.41) is 11.3. The Morgan fingerprint density at radius 2 is 1.76 bits per heavy atom. The molecule has 4 aliphatic rings. The van der Waals surface area contributed by atoms with Crippen molar-refractivity contribution in [1.82, 2.24) is 19.8 Å². The maximum atomic E-state index is 15.0. The number of likely N-dealkylation sites (tertiary alicyclic amines) is 2. The number of H-pyrrole nitrogens is 1. The third-order valence-electron chi connectivity index (χ3n) is 10.6. The molecule has 1 aromatic heterocycles. The fourth-order valence-electron chi connectivity index (χ4n) is 7.50. The van der Waals surface area contributed by atoms with Crippen LogP contribution in [-0.4, -0.2) is 101 Å². The van der Waals surface area contributed by atoms with Crippen molar-refractivity contribution in [3.05, 3.63) is 68.3 Å². The molecule has 0 radical (unpaired) electrons. The summed E-state index contributed by atoms with van der Waals surface area (Å²) in [6, 6.07) is 6.95. The minimum absolute atomic E-state index is 0.0541. The van der Waals surface area contributed by atoms with Crippen molar-refractivity contribution < 1.29 is 28.0 Å². The van der Waals surface area contributed by atoms with E-state index in [1.165, 1.54) is 18.2 Å². The molecule has 0 bridgehead atoms. The molecule has 268 valence electrons. The predicted octanol–water partition coefficient (Wildman–Crippen LogP) is 4.74. The third-order valence-corrected chi connectivity index (χ3v) is 11.9. The normalized spacial score (nSPS) is 20.3. The van der Waals surface area contributed by atoms with Gasteiger partial charge in [0.15, 0.2) is 5.82 Å². The first kappa shape index (κ1) is 34.6. The number of non-ortho nitro benzene ring substituents is 1. The second-order valence-electron chi connectivity index (χ2n) is 13.8. The number of benzene rings is 2. The van der Waals surface area contributed by atoms with Gasteiger partial charge in [0, 0.05) is 74.8 Å². The quantitative estimate of drug-likeness (QED) is 0.232. The van der Waals surface area contributed by atoms with Crippen LogP contribution in [0.3, 0.4) is 0 Å². The van der Waals surface area contributed by atoms with Crippen molar-refractivity contribution in [2.75, 3.05) is 64.0 Å². The van der Waals surface area contributed by atoms with Crippen LogP contribution in [0, 0.1) is 33.6 Å². The van der Waals surface area contributed by atoms with Gasteiger partial charge in [-0.2, -0.15) is 11.8 Å². The fourth-order valence-corrected chi connectivity index (χ4v) is 8.55. The van der Waals surface area contributed by atoms with Crippen LogP contribution in [0.15, 0.2) is 35.1 Å². The molecular weight excluding hydrogens is 670 g/mol. The number of fused-ring (bicyclic) bond motifs is 1. The number of hydrogen-bond donors (Lipinski definition) is 1. The van der Waals surface area contributed by atoms with Crippen molar-refractivity contribution in [1.29, 1.82) is 0 Å². The van der Waals surface area contributed by atoms with E-state index in [0.29, 0.717) is 91.4 Å². The first-order chi connectivity index (χ1) is 24.2. The van der Waals surface area contributed by atoms with Crippen molar-refractivity contribution in [3.8, 4) is 5.75 Å². The Bertz CT molecular complexity index is 1770. The van der Waals surface area contributed by atoms with Crippen LogP contribution in [0.5, 0.6) is 5.75 Å². The Labute approximate surface area is 292 Å². The largest absolute Gasteiger partial charge is 0.493 e. The van der Waals surface area contributed by atoms with E-state index in [4.69, 9.17) is 9.47 Å². The second kappa shape index (κ2) is 15.2. The number of nitro benzene ring substituents is 1. The number of amides is 1. The number of ether oxygens (including phenoxy) is 2. The number of carbonyl (C=O) groups is 1. The van der Waals surface area contributed by atoms with Crippen LogP contribution in [0.1, 0.15) is 44.3 Å². The maximum absolute atomic E-state index is 15.0. The summed E-state index contributed by atoms with van der Waals surface area (Å²) >= 11 is 1.73. The highest BCUT2D eigenvalue weighted by atomic mass is 32.2. The van der Waals surface area contributed by atoms with Crippen LogP contribution in [0.25, 0.3) is 10.9 Å². The number of aromatic amines is 1. The van der Waals surface area contributed by atoms with Gasteiger partial charge in [0.1, 0.15) is 22.8 Å². The molecule has 7 rings (SSSR count). The van der Waals surface area contributed by atoms with Gasteiger partial charge in [-0.3, -0.25) is 24.6 Å². The lowest BCUT2D eigenvalue weighted by Gasteiger charge is -2.49. The molecule has 1 N–H and O–H groups in total. The molecule has 4 fully saturated rings. The molecule has 4 saturated heterocycles. The molecule has 2 aromatic carbocycles. The standard InChI is InChI=1S/C35H42F2N6O6S/c36-28-15-24(43(46)47)1-2-31(28)41-11-5-23(6-12-41)35(45)42-18-25(19-42)40-9-3-22(4-10-40)20-49-26-16-29(37)33-30(17-26)38-32(39-34(33)44)21-50-27-7-13-48-14-8-27/h1-2,15-17,22-23,25,27H,3-14,18-21H2,(H,38,39,44). The molecule has 12 nitrogen and oxygen atoms in total.